The van der Waals surface area contributed by atoms with Gasteiger partial charge in [-0.2, -0.15) is 4.40 Å². The minimum Gasteiger partial charge on any atom is -1.00 e. The Morgan fingerprint density at radius 2 is 2.10 bits per heavy atom. The predicted octanol–water partition coefficient (Wildman–Crippen LogP) is -0.134. The standard InChI is InChI=1S/C16H14NO3.BrH/c1-2-20-16(18)13-6-7-14(12-8-10-19-11-12)17-9-4-3-5-15(13)17;/h3-11H,2H2,1H3;1H/q+1;/p-1. The fourth-order valence-corrected chi connectivity index (χ4v) is 2.23. The maximum Gasteiger partial charge on any atom is 0.344 e. The number of rotatable bonds is 3. The lowest BCUT2D eigenvalue weighted by atomic mass is 10.1. The van der Waals surface area contributed by atoms with E-state index in [9.17, 15) is 4.79 Å². The van der Waals surface area contributed by atoms with Gasteiger partial charge in [0.2, 0.25) is 11.2 Å². The van der Waals surface area contributed by atoms with Gasteiger partial charge in [0.25, 0.3) is 0 Å². The third-order valence-corrected chi connectivity index (χ3v) is 3.12. The van der Waals surface area contributed by atoms with E-state index in [1.54, 1.807) is 25.5 Å². The number of carbonyl (C=O) groups is 1. The van der Waals surface area contributed by atoms with Crippen molar-refractivity contribution in [2.45, 2.75) is 6.92 Å². The van der Waals surface area contributed by atoms with E-state index in [-0.39, 0.29) is 23.0 Å². The first-order chi connectivity index (χ1) is 9.81. The number of ether oxygens (including phenoxy) is 1. The van der Waals surface area contributed by atoms with Gasteiger partial charge in [-0.3, -0.25) is 0 Å². The highest BCUT2D eigenvalue weighted by molar-refractivity contribution is 5.96. The van der Waals surface area contributed by atoms with Gasteiger partial charge in [0, 0.05) is 18.2 Å². The van der Waals surface area contributed by atoms with Crippen LogP contribution in [0.2, 0.25) is 0 Å². The highest BCUT2D eigenvalue weighted by Crippen LogP contribution is 2.19. The van der Waals surface area contributed by atoms with Crippen molar-refractivity contribution in [2.75, 3.05) is 6.61 Å². The van der Waals surface area contributed by atoms with E-state index in [0.29, 0.717) is 12.2 Å². The average molecular weight is 348 g/mol. The Morgan fingerprint density at radius 1 is 1.24 bits per heavy atom. The second-order valence-corrected chi connectivity index (χ2v) is 4.32. The number of halogens is 1. The van der Waals surface area contributed by atoms with Crippen LogP contribution in [0, 0.1) is 0 Å². The monoisotopic (exact) mass is 347 g/mol. The summed E-state index contributed by atoms with van der Waals surface area (Å²) in [4.78, 5) is 12.0. The molecule has 0 spiro atoms. The number of fused-ring (bicyclic) bond motifs is 1. The van der Waals surface area contributed by atoms with E-state index in [0.717, 1.165) is 16.8 Å². The molecular weight excluding hydrogens is 334 g/mol. The molecule has 0 aliphatic rings. The summed E-state index contributed by atoms with van der Waals surface area (Å²) in [5.74, 6) is -0.310. The molecule has 3 aromatic rings. The Labute approximate surface area is 132 Å². The maximum absolute atomic E-state index is 12.0. The second-order valence-electron chi connectivity index (χ2n) is 4.32. The molecule has 21 heavy (non-hydrogen) atoms. The molecule has 0 aliphatic heterocycles. The van der Waals surface area contributed by atoms with Crippen molar-refractivity contribution in [3.05, 3.63) is 60.7 Å². The van der Waals surface area contributed by atoms with Crippen molar-refractivity contribution in [2.24, 2.45) is 0 Å². The third-order valence-electron chi connectivity index (χ3n) is 3.12. The van der Waals surface area contributed by atoms with Gasteiger partial charge in [0.05, 0.1) is 18.4 Å². The number of pyridine rings is 2. The molecule has 0 atom stereocenters. The van der Waals surface area contributed by atoms with Gasteiger partial charge < -0.3 is 26.1 Å². The zero-order chi connectivity index (χ0) is 13.9. The lowest BCUT2D eigenvalue weighted by Gasteiger charge is -2.03. The SMILES string of the molecule is CCOC(=O)c1ccc(-c2ccoc2)[n+]2ccccc12.[Br-]. The number of nitrogens with zero attached hydrogens (tertiary/aromatic N) is 1. The summed E-state index contributed by atoms with van der Waals surface area (Å²) in [6.07, 6.45) is 5.23. The number of esters is 1. The van der Waals surface area contributed by atoms with Crippen LogP contribution in [-0.4, -0.2) is 12.6 Å². The van der Waals surface area contributed by atoms with E-state index in [1.807, 2.05) is 40.9 Å². The lowest BCUT2D eigenvalue weighted by Crippen LogP contribution is -3.00. The van der Waals surface area contributed by atoms with Gasteiger partial charge in [-0.25, -0.2) is 4.79 Å². The van der Waals surface area contributed by atoms with E-state index in [1.165, 1.54) is 0 Å². The average Bonchev–Trinajstić information content (AvgIpc) is 3.00. The van der Waals surface area contributed by atoms with Crippen LogP contribution in [0.25, 0.3) is 16.8 Å². The van der Waals surface area contributed by atoms with Gasteiger partial charge in [-0.05, 0) is 25.1 Å². The fourth-order valence-electron chi connectivity index (χ4n) is 2.23. The molecule has 3 aromatic heterocycles. The van der Waals surface area contributed by atoms with Gasteiger partial charge in [0.1, 0.15) is 11.8 Å². The zero-order valence-electron chi connectivity index (χ0n) is 11.5. The summed E-state index contributed by atoms with van der Waals surface area (Å²) >= 11 is 0. The van der Waals surface area contributed by atoms with E-state index in [4.69, 9.17) is 9.15 Å². The first-order valence-electron chi connectivity index (χ1n) is 6.44. The minimum atomic E-state index is -0.310. The molecule has 0 saturated heterocycles. The first kappa shape index (κ1) is 15.3. The number of aromatic nitrogens is 1. The van der Waals surface area contributed by atoms with E-state index < -0.39 is 0 Å². The highest BCUT2D eigenvalue weighted by Gasteiger charge is 2.21. The maximum atomic E-state index is 12.0. The van der Waals surface area contributed by atoms with Gasteiger partial charge in [-0.1, -0.05) is 0 Å². The van der Waals surface area contributed by atoms with Crippen LogP contribution in [0.3, 0.4) is 0 Å². The minimum absolute atomic E-state index is 0. The van der Waals surface area contributed by atoms with Crippen molar-refractivity contribution in [1.82, 2.24) is 0 Å². The molecule has 0 saturated carbocycles. The summed E-state index contributed by atoms with van der Waals surface area (Å²) in [5, 5.41) is 0. The summed E-state index contributed by atoms with van der Waals surface area (Å²) in [6, 6.07) is 11.3. The highest BCUT2D eigenvalue weighted by atomic mass is 79.9. The molecule has 3 heterocycles. The fraction of sp³-hybridized carbons (Fsp3) is 0.125. The Hall–Kier alpha value is -2.14. The van der Waals surface area contributed by atoms with Crippen LogP contribution in [0.15, 0.2) is 59.5 Å². The quantitative estimate of drug-likeness (QED) is 0.489. The molecule has 0 aromatic carbocycles. The molecule has 108 valence electrons. The summed E-state index contributed by atoms with van der Waals surface area (Å²) < 4.78 is 12.2. The number of hydrogen-bond donors (Lipinski definition) is 0. The first-order valence-corrected chi connectivity index (χ1v) is 6.44. The van der Waals surface area contributed by atoms with Gasteiger partial charge in [0.15, 0.2) is 6.20 Å². The Balaban J connectivity index is 0.00000161. The van der Waals surface area contributed by atoms with Gasteiger partial charge >= 0.3 is 5.97 Å². The largest absolute Gasteiger partial charge is 1.00 e. The van der Waals surface area contributed by atoms with Crippen LogP contribution >= 0.6 is 0 Å². The molecule has 5 heteroatoms. The summed E-state index contributed by atoms with van der Waals surface area (Å²) in [5.41, 5.74) is 3.29. The molecule has 0 fully saturated rings. The van der Waals surface area contributed by atoms with Crippen LogP contribution in [0.5, 0.6) is 0 Å². The summed E-state index contributed by atoms with van der Waals surface area (Å²) in [6.45, 7) is 2.16. The van der Waals surface area contributed by atoms with Crippen LogP contribution in [-0.2, 0) is 4.74 Å². The third kappa shape index (κ3) is 2.83. The Bertz CT molecular complexity index is 753. The van der Waals surface area contributed by atoms with Gasteiger partial charge in [-0.15, -0.1) is 0 Å². The zero-order valence-corrected chi connectivity index (χ0v) is 13.0. The lowest BCUT2D eigenvalue weighted by molar-refractivity contribution is -0.499. The normalized spacial score (nSPS) is 10.1. The molecule has 0 N–H and O–H groups in total. The van der Waals surface area contributed by atoms with Crippen molar-refractivity contribution < 1.29 is 35.3 Å². The molecule has 4 nitrogen and oxygen atoms in total. The molecule has 0 aliphatic carbocycles. The van der Waals surface area contributed by atoms with E-state index >= 15 is 0 Å². The smallest absolute Gasteiger partial charge is 0.344 e. The molecule has 0 radical (unpaired) electrons. The Morgan fingerprint density at radius 3 is 2.81 bits per heavy atom. The van der Waals surface area contributed by atoms with Crippen molar-refractivity contribution in [3.8, 4) is 11.3 Å². The molecule has 3 rings (SSSR count). The van der Waals surface area contributed by atoms with Crippen LogP contribution in [0.4, 0.5) is 0 Å². The number of hydrogen-bond acceptors (Lipinski definition) is 3. The van der Waals surface area contributed by atoms with Crippen molar-refractivity contribution in [3.63, 3.8) is 0 Å². The number of carbonyl (C=O) groups excluding carboxylic acids is 1. The van der Waals surface area contributed by atoms with Crippen LogP contribution in [0.1, 0.15) is 17.3 Å². The molecule has 0 unspecified atom stereocenters. The Kier molecular flexibility index (Phi) is 4.75. The molecular formula is C16H14BrNO3. The van der Waals surface area contributed by atoms with Crippen LogP contribution < -0.4 is 21.4 Å². The molecule has 0 bridgehead atoms. The summed E-state index contributed by atoms with van der Waals surface area (Å²) in [7, 11) is 0. The predicted molar refractivity (Wildman–Crippen MR) is 73.3 cm³/mol. The number of furan rings is 1. The van der Waals surface area contributed by atoms with Crippen molar-refractivity contribution >= 4 is 11.5 Å². The van der Waals surface area contributed by atoms with Crippen molar-refractivity contribution in [1.29, 1.82) is 0 Å². The topological polar surface area (TPSA) is 43.5 Å². The molecule has 0 amide bonds. The van der Waals surface area contributed by atoms with E-state index in [2.05, 4.69) is 0 Å². The second kappa shape index (κ2) is 6.54.